The van der Waals surface area contributed by atoms with Crippen molar-refractivity contribution in [2.45, 2.75) is 26.2 Å². The Morgan fingerprint density at radius 1 is 1.14 bits per heavy atom. The molecule has 0 saturated carbocycles. The number of aromatic nitrogens is 2. The van der Waals surface area contributed by atoms with Crippen molar-refractivity contribution in [1.82, 2.24) is 9.97 Å². The first kappa shape index (κ1) is 13.5. The van der Waals surface area contributed by atoms with E-state index in [1.165, 1.54) is 22.9 Å². The van der Waals surface area contributed by atoms with Gasteiger partial charge in [0.25, 0.3) is 0 Å². The number of aromatic carboxylic acids is 1. The van der Waals surface area contributed by atoms with Crippen molar-refractivity contribution in [1.29, 1.82) is 0 Å². The Morgan fingerprint density at radius 3 is 2.67 bits per heavy atom. The Balaban J connectivity index is 2.11. The normalized spacial score (nSPS) is 14.5. The predicted molar refractivity (Wildman–Crippen MR) is 80.8 cm³/mol. The van der Waals surface area contributed by atoms with E-state index >= 15 is 0 Å². The fourth-order valence-corrected chi connectivity index (χ4v) is 2.85. The molecule has 1 aromatic carbocycles. The van der Waals surface area contributed by atoms with Gasteiger partial charge in [0.1, 0.15) is 0 Å². The average Bonchev–Trinajstić information content (AvgIpc) is 2.97. The molecule has 4 nitrogen and oxygen atoms in total. The van der Waals surface area contributed by atoms with Crippen LogP contribution in [0.2, 0.25) is 0 Å². The third-order valence-corrected chi connectivity index (χ3v) is 3.85. The molecule has 0 spiro atoms. The first-order chi connectivity index (χ1) is 10.2. The second-order valence-electron chi connectivity index (χ2n) is 5.22. The summed E-state index contributed by atoms with van der Waals surface area (Å²) in [5, 5.41) is 9.06. The molecule has 1 N–H and O–H groups in total. The topological polar surface area (TPSA) is 63.1 Å². The summed E-state index contributed by atoms with van der Waals surface area (Å²) in [6.45, 7) is 2.09. The summed E-state index contributed by atoms with van der Waals surface area (Å²) in [5.41, 5.74) is 5.54. The summed E-state index contributed by atoms with van der Waals surface area (Å²) in [4.78, 5) is 19.3. The zero-order valence-corrected chi connectivity index (χ0v) is 11.8. The maximum absolute atomic E-state index is 11.1. The van der Waals surface area contributed by atoms with Gasteiger partial charge in [-0.25, -0.2) is 9.78 Å². The molecule has 2 aromatic rings. The van der Waals surface area contributed by atoms with Crippen LogP contribution >= 0.6 is 0 Å². The van der Waals surface area contributed by atoms with Crippen molar-refractivity contribution in [2.24, 2.45) is 0 Å². The monoisotopic (exact) mass is 280 g/mol. The maximum atomic E-state index is 11.1. The number of rotatable bonds is 3. The molecule has 3 rings (SSSR count). The van der Waals surface area contributed by atoms with Crippen molar-refractivity contribution in [3.63, 3.8) is 0 Å². The predicted octanol–water partition coefficient (Wildman–Crippen LogP) is 3.58. The molecular formula is C17H16N2O2. The summed E-state index contributed by atoms with van der Waals surface area (Å²) in [6.07, 6.45) is 5.93. The van der Waals surface area contributed by atoms with Crippen LogP contribution in [-0.4, -0.2) is 21.0 Å². The number of allylic oxidation sites excluding steroid dienone is 2. The van der Waals surface area contributed by atoms with E-state index in [0.717, 1.165) is 24.8 Å². The molecule has 0 bridgehead atoms. The van der Waals surface area contributed by atoms with E-state index in [-0.39, 0.29) is 5.69 Å². The first-order valence-electron chi connectivity index (χ1n) is 7.00. The van der Waals surface area contributed by atoms with Crippen molar-refractivity contribution < 1.29 is 9.90 Å². The number of hydrogen-bond donors (Lipinski definition) is 1. The number of carboxylic acids is 1. The SMILES string of the molecule is Cc1ccccc1C1=C(c2cncc(C(=O)O)n2)CCC1. The standard InChI is InChI=1S/C17H16N2O2/c1-11-5-2-3-6-12(11)13-7-4-8-14(13)15-9-18-10-16(19-15)17(20)21/h2-3,5-6,9-10H,4,7-8H2,1H3,(H,20,21). The highest BCUT2D eigenvalue weighted by Gasteiger charge is 2.20. The van der Waals surface area contributed by atoms with Gasteiger partial charge in [0.05, 0.1) is 18.1 Å². The lowest BCUT2D eigenvalue weighted by atomic mass is 9.96. The molecule has 0 saturated heterocycles. The molecule has 1 heterocycles. The number of carbonyl (C=O) groups is 1. The van der Waals surface area contributed by atoms with Crippen molar-refractivity contribution in [2.75, 3.05) is 0 Å². The van der Waals surface area contributed by atoms with Crippen LogP contribution in [0.1, 0.15) is 46.6 Å². The van der Waals surface area contributed by atoms with E-state index < -0.39 is 5.97 Å². The highest BCUT2D eigenvalue weighted by Crippen LogP contribution is 2.39. The van der Waals surface area contributed by atoms with Gasteiger partial charge in [-0.2, -0.15) is 0 Å². The second-order valence-corrected chi connectivity index (χ2v) is 5.22. The molecule has 1 aliphatic rings. The number of hydrogen-bond acceptors (Lipinski definition) is 3. The lowest BCUT2D eigenvalue weighted by Crippen LogP contribution is -2.03. The van der Waals surface area contributed by atoms with E-state index in [9.17, 15) is 4.79 Å². The molecule has 0 atom stereocenters. The number of carboxylic acid groups (broad SMARTS) is 1. The van der Waals surface area contributed by atoms with Gasteiger partial charge in [0, 0.05) is 0 Å². The molecule has 0 unspecified atom stereocenters. The Hall–Kier alpha value is -2.49. The molecule has 0 radical (unpaired) electrons. The molecule has 4 heteroatoms. The Morgan fingerprint density at radius 2 is 1.90 bits per heavy atom. The van der Waals surface area contributed by atoms with E-state index in [1.807, 2.05) is 12.1 Å². The molecule has 21 heavy (non-hydrogen) atoms. The lowest BCUT2D eigenvalue weighted by Gasteiger charge is -2.10. The van der Waals surface area contributed by atoms with Gasteiger partial charge in [-0.15, -0.1) is 0 Å². The number of aryl methyl sites for hydroxylation is 1. The van der Waals surface area contributed by atoms with Crippen LogP contribution in [0.15, 0.2) is 36.7 Å². The van der Waals surface area contributed by atoms with Crippen LogP contribution in [0.25, 0.3) is 11.1 Å². The molecule has 0 aliphatic heterocycles. The van der Waals surface area contributed by atoms with Crippen LogP contribution in [-0.2, 0) is 0 Å². The second kappa shape index (κ2) is 5.48. The highest BCUT2D eigenvalue weighted by atomic mass is 16.4. The molecular weight excluding hydrogens is 264 g/mol. The van der Waals surface area contributed by atoms with Crippen molar-refractivity contribution in [3.8, 4) is 0 Å². The van der Waals surface area contributed by atoms with E-state index in [0.29, 0.717) is 5.69 Å². The largest absolute Gasteiger partial charge is 0.476 e. The first-order valence-corrected chi connectivity index (χ1v) is 7.00. The third-order valence-electron chi connectivity index (χ3n) is 3.85. The van der Waals surface area contributed by atoms with Crippen LogP contribution in [0, 0.1) is 6.92 Å². The van der Waals surface area contributed by atoms with Crippen LogP contribution in [0.3, 0.4) is 0 Å². The maximum Gasteiger partial charge on any atom is 0.356 e. The van der Waals surface area contributed by atoms with E-state index in [4.69, 9.17) is 5.11 Å². The van der Waals surface area contributed by atoms with E-state index in [2.05, 4.69) is 29.0 Å². The third kappa shape index (κ3) is 2.57. The van der Waals surface area contributed by atoms with Gasteiger partial charge in [-0.1, -0.05) is 24.3 Å². The zero-order valence-electron chi connectivity index (χ0n) is 11.8. The lowest BCUT2D eigenvalue weighted by molar-refractivity contribution is 0.0690. The van der Waals surface area contributed by atoms with Crippen LogP contribution in [0.5, 0.6) is 0 Å². The zero-order chi connectivity index (χ0) is 14.8. The van der Waals surface area contributed by atoms with Gasteiger partial charge in [-0.05, 0) is 48.5 Å². The summed E-state index contributed by atoms with van der Waals surface area (Å²) < 4.78 is 0. The minimum absolute atomic E-state index is 0.00367. The fraction of sp³-hybridized carbons (Fsp3) is 0.235. The molecule has 1 aromatic heterocycles. The molecule has 1 aliphatic carbocycles. The Labute approximate surface area is 123 Å². The van der Waals surface area contributed by atoms with Crippen LogP contribution < -0.4 is 0 Å². The summed E-state index contributed by atoms with van der Waals surface area (Å²) >= 11 is 0. The van der Waals surface area contributed by atoms with Gasteiger partial charge in [0.15, 0.2) is 5.69 Å². The smallest absolute Gasteiger partial charge is 0.356 e. The van der Waals surface area contributed by atoms with Crippen LogP contribution in [0.4, 0.5) is 0 Å². The van der Waals surface area contributed by atoms with Crippen molar-refractivity contribution >= 4 is 17.1 Å². The fourth-order valence-electron chi connectivity index (χ4n) is 2.85. The summed E-state index contributed by atoms with van der Waals surface area (Å²) in [6, 6.07) is 8.27. The van der Waals surface area contributed by atoms with Gasteiger partial charge in [-0.3, -0.25) is 4.98 Å². The Bertz CT molecular complexity index is 735. The quantitative estimate of drug-likeness (QED) is 0.933. The molecule has 0 fully saturated rings. The Kier molecular flexibility index (Phi) is 3.52. The van der Waals surface area contributed by atoms with Crippen molar-refractivity contribution in [3.05, 3.63) is 59.2 Å². The highest BCUT2D eigenvalue weighted by molar-refractivity contribution is 5.93. The number of nitrogens with zero attached hydrogens (tertiary/aromatic N) is 2. The number of benzene rings is 1. The van der Waals surface area contributed by atoms with E-state index in [1.54, 1.807) is 6.20 Å². The minimum atomic E-state index is -1.04. The van der Waals surface area contributed by atoms with Gasteiger partial charge < -0.3 is 5.11 Å². The van der Waals surface area contributed by atoms with Gasteiger partial charge in [0.2, 0.25) is 0 Å². The van der Waals surface area contributed by atoms with Gasteiger partial charge >= 0.3 is 5.97 Å². The molecule has 0 amide bonds. The average molecular weight is 280 g/mol. The minimum Gasteiger partial charge on any atom is -0.476 e. The summed E-state index contributed by atoms with van der Waals surface area (Å²) in [7, 11) is 0. The molecule has 106 valence electrons. The summed E-state index contributed by atoms with van der Waals surface area (Å²) in [5.74, 6) is -1.04.